The zero-order chi connectivity index (χ0) is 18.2. The van der Waals surface area contributed by atoms with Crippen LogP contribution in [0.3, 0.4) is 0 Å². The van der Waals surface area contributed by atoms with E-state index in [1.807, 2.05) is 6.92 Å². The molecule has 0 spiro atoms. The summed E-state index contributed by atoms with van der Waals surface area (Å²) in [7, 11) is -0.359. The van der Waals surface area contributed by atoms with Crippen molar-refractivity contribution in [3.8, 4) is 0 Å². The van der Waals surface area contributed by atoms with Gasteiger partial charge in [0.15, 0.2) is 0 Å². The Balaban J connectivity index is 1.82. The first-order chi connectivity index (χ1) is 11.8. The Labute approximate surface area is 151 Å². The molecule has 1 aliphatic rings. The lowest BCUT2D eigenvalue weighted by Crippen LogP contribution is -2.30. The Morgan fingerprint density at radius 3 is 2.40 bits per heavy atom. The van der Waals surface area contributed by atoms with Crippen molar-refractivity contribution in [2.45, 2.75) is 30.7 Å². The Hall–Kier alpha value is -1.77. The highest BCUT2D eigenvalue weighted by molar-refractivity contribution is 7.89. The molecule has 1 N–H and O–H groups in total. The summed E-state index contributed by atoms with van der Waals surface area (Å²) in [5, 5.41) is 0.808. The molecule has 1 aromatic heterocycles. The van der Waals surface area contributed by atoms with Crippen molar-refractivity contribution in [3.05, 3.63) is 45.9 Å². The number of thiazole rings is 1. The van der Waals surface area contributed by atoms with Crippen molar-refractivity contribution >= 4 is 27.3 Å². The smallest absolute Gasteiger partial charge is 0.253 e. The molecule has 25 heavy (non-hydrogen) atoms. The average Bonchev–Trinajstić information content (AvgIpc) is 3.33. The van der Waals surface area contributed by atoms with Crippen molar-refractivity contribution in [3.63, 3.8) is 0 Å². The van der Waals surface area contributed by atoms with Crippen molar-refractivity contribution in [2.24, 2.45) is 5.92 Å². The zero-order valence-corrected chi connectivity index (χ0v) is 16.0. The minimum Gasteiger partial charge on any atom is -0.345 e. The fourth-order valence-electron chi connectivity index (χ4n) is 2.56. The molecule has 8 heteroatoms. The van der Waals surface area contributed by atoms with E-state index in [-0.39, 0.29) is 16.8 Å². The van der Waals surface area contributed by atoms with Crippen LogP contribution in [0.5, 0.6) is 0 Å². The van der Waals surface area contributed by atoms with Gasteiger partial charge < -0.3 is 4.90 Å². The SMILES string of the molecule is Cc1cnc([C@@H](NS(=O)(=O)c2ccc(C(=O)N(C)C)cc2)C2CC2)s1. The second-order valence-corrected chi connectivity index (χ2v) is 9.45. The van der Waals surface area contributed by atoms with Gasteiger partial charge in [-0.25, -0.2) is 18.1 Å². The molecule has 1 atom stereocenters. The van der Waals surface area contributed by atoms with E-state index in [0.29, 0.717) is 11.5 Å². The van der Waals surface area contributed by atoms with Gasteiger partial charge in [0.25, 0.3) is 5.91 Å². The van der Waals surface area contributed by atoms with Crippen LogP contribution in [0.15, 0.2) is 35.4 Å². The first-order valence-corrected chi connectivity index (χ1v) is 10.3. The molecule has 1 amide bonds. The number of rotatable bonds is 6. The molecule has 1 fully saturated rings. The van der Waals surface area contributed by atoms with Gasteiger partial charge in [0, 0.05) is 30.7 Å². The molecular weight excluding hydrogens is 358 g/mol. The van der Waals surface area contributed by atoms with E-state index in [1.54, 1.807) is 20.3 Å². The summed E-state index contributed by atoms with van der Waals surface area (Å²) < 4.78 is 28.3. The summed E-state index contributed by atoms with van der Waals surface area (Å²) in [5.41, 5.74) is 0.457. The summed E-state index contributed by atoms with van der Waals surface area (Å²) in [6.07, 6.45) is 3.77. The third-order valence-electron chi connectivity index (χ3n) is 4.10. The predicted octanol–water partition coefficient (Wildman–Crippen LogP) is 2.58. The van der Waals surface area contributed by atoms with Gasteiger partial charge in [-0.2, -0.15) is 0 Å². The molecule has 0 saturated heterocycles. The molecule has 0 unspecified atom stereocenters. The normalized spacial score (nSPS) is 15.8. The van der Waals surface area contributed by atoms with Crippen molar-refractivity contribution in [1.82, 2.24) is 14.6 Å². The number of nitrogens with zero attached hydrogens (tertiary/aromatic N) is 2. The van der Waals surface area contributed by atoms with E-state index in [1.165, 1.54) is 40.5 Å². The monoisotopic (exact) mass is 379 g/mol. The van der Waals surface area contributed by atoms with Crippen LogP contribution in [0.1, 0.15) is 39.1 Å². The summed E-state index contributed by atoms with van der Waals surface area (Å²) in [5.74, 6) is 0.140. The third kappa shape index (κ3) is 4.08. The van der Waals surface area contributed by atoms with Gasteiger partial charge in [-0.3, -0.25) is 4.79 Å². The van der Waals surface area contributed by atoms with E-state index >= 15 is 0 Å². The molecule has 2 aromatic rings. The van der Waals surface area contributed by atoms with E-state index in [0.717, 1.165) is 22.7 Å². The van der Waals surface area contributed by atoms with E-state index in [9.17, 15) is 13.2 Å². The predicted molar refractivity (Wildman–Crippen MR) is 97.1 cm³/mol. The van der Waals surface area contributed by atoms with Gasteiger partial charge >= 0.3 is 0 Å². The number of carbonyl (C=O) groups is 1. The van der Waals surface area contributed by atoms with E-state index < -0.39 is 10.0 Å². The summed E-state index contributed by atoms with van der Waals surface area (Å²) >= 11 is 1.52. The number of nitrogens with one attached hydrogen (secondary N) is 1. The van der Waals surface area contributed by atoms with Crippen molar-refractivity contribution in [1.29, 1.82) is 0 Å². The molecule has 1 aliphatic carbocycles. The van der Waals surface area contributed by atoms with Gasteiger partial charge in [0.05, 0.1) is 10.9 Å². The summed E-state index contributed by atoms with van der Waals surface area (Å²) in [6, 6.07) is 5.73. The second kappa shape index (κ2) is 6.86. The van der Waals surface area contributed by atoms with Crippen LogP contribution in [-0.4, -0.2) is 38.3 Å². The van der Waals surface area contributed by atoms with Gasteiger partial charge in [0.1, 0.15) is 5.01 Å². The number of amides is 1. The zero-order valence-electron chi connectivity index (χ0n) is 14.4. The summed E-state index contributed by atoms with van der Waals surface area (Å²) in [4.78, 5) is 18.9. The highest BCUT2D eigenvalue weighted by atomic mass is 32.2. The first-order valence-electron chi connectivity index (χ1n) is 8.04. The lowest BCUT2D eigenvalue weighted by Gasteiger charge is -2.16. The van der Waals surface area contributed by atoms with Crippen molar-refractivity contribution < 1.29 is 13.2 Å². The quantitative estimate of drug-likeness (QED) is 0.837. The maximum absolute atomic E-state index is 12.7. The lowest BCUT2D eigenvalue weighted by atomic mass is 10.2. The van der Waals surface area contributed by atoms with E-state index in [4.69, 9.17) is 0 Å². The van der Waals surface area contributed by atoms with Gasteiger partial charge in [0.2, 0.25) is 10.0 Å². The number of aromatic nitrogens is 1. The molecule has 134 valence electrons. The minimum absolute atomic E-state index is 0.154. The Bertz CT molecular complexity index is 869. The molecule has 1 heterocycles. The number of hydrogen-bond acceptors (Lipinski definition) is 5. The molecule has 1 saturated carbocycles. The number of sulfonamides is 1. The fraction of sp³-hybridized carbons (Fsp3) is 0.412. The molecule has 0 bridgehead atoms. The number of hydrogen-bond donors (Lipinski definition) is 1. The van der Waals surface area contributed by atoms with Gasteiger partial charge in [-0.05, 0) is 49.9 Å². The fourth-order valence-corrected chi connectivity index (χ4v) is 4.83. The topological polar surface area (TPSA) is 79.4 Å². The van der Waals surface area contributed by atoms with E-state index in [2.05, 4.69) is 9.71 Å². The molecule has 6 nitrogen and oxygen atoms in total. The Morgan fingerprint density at radius 1 is 1.28 bits per heavy atom. The van der Waals surface area contributed by atoms with Crippen LogP contribution >= 0.6 is 11.3 Å². The number of benzene rings is 1. The van der Waals surface area contributed by atoms with Crippen LogP contribution in [0.4, 0.5) is 0 Å². The third-order valence-corrected chi connectivity index (χ3v) is 6.55. The molecule has 1 aromatic carbocycles. The second-order valence-electron chi connectivity index (χ2n) is 6.47. The molecule has 3 rings (SSSR count). The highest BCUT2D eigenvalue weighted by Crippen LogP contribution is 2.42. The number of carbonyl (C=O) groups excluding carboxylic acids is 1. The Morgan fingerprint density at radius 2 is 1.92 bits per heavy atom. The van der Waals surface area contributed by atoms with Crippen LogP contribution in [-0.2, 0) is 10.0 Å². The van der Waals surface area contributed by atoms with Gasteiger partial charge in [-0.15, -0.1) is 11.3 Å². The first kappa shape index (κ1) is 18.0. The van der Waals surface area contributed by atoms with Crippen LogP contribution < -0.4 is 4.72 Å². The maximum Gasteiger partial charge on any atom is 0.253 e. The molecule has 0 radical (unpaired) electrons. The average molecular weight is 380 g/mol. The maximum atomic E-state index is 12.7. The van der Waals surface area contributed by atoms with Crippen LogP contribution in [0, 0.1) is 12.8 Å². The highest BCUT2D eigenvalue weighted by Gasteiger charge is 2.37. The molecular formula is C17H21N3O3S2. The standard InChI is InChI=1S/C17H21N3O3S2/c1-11-10-18-16(24-11)15(12-4-5-12)19-25(22,23)14-8-6-13(7-9-14)17(21)20(2)3/h6-10,12,15,19H,4-5H2,1-3H3/t15-/m0/s1. The number of aryl methyl sites for hydroxylation is 1. The van der Waals surface area contributed by atoms with Crippen LogP contribution in [0.25, 0.3) is 0 Å². The van der Waals surface area contributed by atoms with Gasteiger partial charge in [-0.1, -0.05) is 0 Å². The summed E-state index contributed by atoms with van der Waals surface area (Å²) in [6.45, 7) is 1.96. The molecule has 0 aliphatic heterocycles. The Kier molecular flexibility index (Phi) is 4.95. The minimum atomic E-state index is -3.67. The van der Waals surface area contributed by atoms with Crippen LogP contribution in [0.2, 0.25) is 0 Å². The van der Waals surface area contributed by atoms with Crippen molar-refractivity contribution in [2.75, 3.05) is 14.1 Å². The largest absolute Gasteiger partial charge is 0.345 e. The lowest BCUT2D eigenvalue weighted by molar-refractivity contribution is 0.0827.